The summed E-state index contributed by atoms with van der Waals surface area (Å²) in [5.74, 6) is 4.43. The van der Waals surface area contributed by atoms with Crippen molar-refractivity contribution in [2.75, 3.05) is 89.3 Å². The SMILES string of the molecule is CC.CC.CC.CC.CC.[2H]C(C)(C)N1CN(c2c(C)ccc3c2oc2nc(C)ccc23)c2cccnc21.[2H]C(C)(C)N1CN(c2c(C)ccc3c2oc2nc(C)ccc23)c2nccnc21.[2H]C([2H])([2H])C([2H])(C)N1CN(c2c(C)ccc3c2oc2nc(C)ccc23)c2cccnc21.[2H]C([2H])([2H])C([2H])(C)N1CN(c2c(C)ccc3c2oc2nc(C)ccc23)c2nccnc21.[2H]C([2H])([2H])N1CN(c2c(C)ccc3c2oc2nc(C)ccc23)c2nccnc21. The molecule has 28 heteroatoms. The Morgan fingerprint density at radius 2 is 0.469 bits per heavy atom. The molecule has 5 aromatic carbocycles. The first-order valence-corrected chi connectivity index (χ1v) is 48.8. The lowest BCUT2D eigenvalue weighted by molar-refractivity contribution is 0.649. The Bertz CT molecular complexity index is 7990. The number of fused-ring (bicyclic) bond motifs is 20. The van der Waals surface area contributed by atoms with Gasteiger partial charge >= 0.3 is 0 Å². The van der Waals surface area contributed by atoms with Crippen molar-refractivity contribution < 1.29 is 39.9 Å². The summed E-state index contributed by atoms with van der Waals surface area (Å²) >= 11 is 0. The summed E-state index contributed by atoms with van der Waals surface area (Å²) in [5, 5.41) is 9.64. The molecule has 20 heterocycles. The number of aromatic nitrogens is 13. The predicted octanol–water partition coefficient (Wildman–Crippen LogP) is 29.1. The highest BCUT2D eigenvalue weighted by atomic mass is 16.4. The van der Waals surface area contributed by atoms with Gasteiger partial charge in [0, 0.05) is 175 Å². The Hall–Kier alpha value is -15.6. The summed E-state index contributed by atoms with van der Waals surface area (Å²) < 4.78 is 136. The molecule has 2 atom stereocenters. The molecule has 0 bridgehead atoms. The highest BCUT2D eigenvalue weighted by Crippen LogP contribution is 2.52. The van der Waals surface area contributed by atoms with Gasteiger partial charge in [0.2, 0.25) is 28.6 Å². The molecule has 28 nitrogen and oxygen atoms in total. The third-order valence-electron chi connectivity index (χ3n) is 24.9. The van der Waals surface area contributed by atoms with Crippen molar-refractivity contribution in [2.45, 2.75) is 218 Å². The van der Waals surface area contributed by atoms with Crippen LogP contribution in [0.15, 0.2) is 217 Å². The molecule has 738 valence electrons. The Kier molecular flexibility index (Phi) is 25.0. The van der Waals surface area contributed by atoms with Gasteiger partial charge in [-0.1, -0.05) is 130 Å². The summed E-state index contributed by atoms with van der Waals surface area (Å²) in [7, 11) is 0. The molecule has 0 fully saturated rings. The maximum absolute atomic E-state index is 8.65. The van der Waals surface area contributed by atoms with Crippen LogP contribution < -0.4 is 49.0 Å². The molecule has 20 aromatic rings. The van der Waals surface area contributed by atoms with Crippen LogP contribution in [0.4, 0.5) is 86.4 Å². The van der Waals surface area contributed by atoms with Crippen molar-refractivity contribution in [1.29, 1.82) is 0 Å². The van der Waals surface area contributed by atoms with Crippen LogP contribution in [-0.2, 0) is 0 Å². The van der Waals surface area contributed by atoms with Gasteiger partial charge in [-0.3, -0.25) is 0 Å². The van der Waals surface area contributed by atoms with Crippen LogP contribution in [0.25, 0.3) is 110 Å². The molecule has 0 saturated carbocycles. The number of hydrogen-bond acceptors (Lipinski definition) is 28. The first-order valence-electron chi connectivity index (χ1n) is 55.3. The van der Waals surface area contributed by atoms with E-state index < -0.39 is 44.8 Å². The number of hydrogen-bond donors (Lipinski definition) is 0. The topological polar surface area (TPSA) is 266 Å². The van der Waals surface area contributed by atoms with E-state index in [4.69, 9.17) is 39.9 Å². The maximum Gasteiger partial charge on any atom is 0.227 e. The monoisotopic (exact) mass is 1930 g/mol. The van der Waals surface area contributed by atoms with Crippen molar-refractivity contribution in [3.05, 3.63) is 251 Å². The number of nitrogens with zero attached hydrogens (tertiary/aromatic N) is 23. The fourth-order valence-corrected chi connectivity index (χ4v) is 18.4. The molecule has 143 heavy (non-hydrogen) atoms. The Morgan fingerprint density at radius 3 is 0.748 bits per heavy atom. The number of anilines is 15. The number of furan rings is 5. The van der Waals surface area contributed by atoms with Crippen LogP contribution in [0.3, 0.4) is 0 Å². The lowest BCUT2D eigenvalue weighted by atomic mass is 10.1. The summed E-state index contributed by atoms with van der Waals surface area (Å²) in [4.78, 5) is 76.5. The van der Waals surface area contributed by atoms with Gasteiger partial charge < -0.3 is 71.1 Å². The molecule has 5 aliphatic heterocycles. The number of pyridine rings is 7. The molecule has 0 amide bonds. The molecule has 0 aliphatic carbocycles. The maximum atomic E-state index is 8.65. The van der Waals surface area contributed by atoms with Gasteiger partial charge in [0.15, 0.2) is 74.5 Å². The summed E-state index contributed by atoms with van der Waals surface area (Å²) in [6, 6.07) is 42.7. The predicted molar refractivity (Wildman–Crippen MR) is 590 cm³/mol. The van der Waals surface area contributed by atoms with Crippen molar-refractivity contribution in [3.8, 4) is 0 Å². The van der Waals surface area contributed by atoms with Gasteiger partial charge in [0.05, 0.1) is 78.6 Å². The first-order chi connectivity index (χ1) is 74.2. The van der Waals surface area contributed by atoms with E-state index in [9.17, 15) is 0 Å². The normalized spacial score (nSPS) is 15.7. The Balaban J connectivity index is 0.000000135. The standard InChI is InChI=1S/2C22H22N4O.2C21H21N5O.C19H17N5O.5C2H6/c2*1-13(2)25-12-26(18-6-5-11-23-21(18)25)19-14(3)7-9-16-17-10-8-15(4)24-22(17)27-20(16)19;2*1-12(2)25-11-26(20-19(25)22-9-10-23-20)17-13(3)5-7-15-16-8-6-14(4)24-21(16)27-18(15)17;1-11-4-6-13-14-7-5-12(2)22-19(14)25-16(13)15(11)24-10-23(3)17-18(24)21-9-8-20-17;5*1-2/h2*5-11,13H,12H2,1-4H3;2*5-10,12H,11H2,1-4H3;4-9H,10H2,1-3H3;5*1-2H3/i1D3,13D;13D;1D3,12D;12D;3D3;;;;;. The fraction of sp³-hybridized carbons (Fsp3) is 0.330. The van der Waals surface area contributed by atoms with E-state index in [0.29, 0.717) is 93.6 Å². The largest absolute Gasteiger partial charge is 0.435 e. The van der Waals surface area contributed by atoms with Gasteiger partial charge in [-0.25, -0.2) is 64.8 Å². The smallest absolute Gasteiger partial charge is 0.227 e. The van der Waals surface area contributed by atoms with E-state index in [-0.39, 0.29) is 20.0 Å². The number of benzene rings is 5. The quantitative estimate of drug-likeness (QED) is 0.130. The van der Waals surface area contributed by atoms with E-state index in [1.807, 2.05) is 280 Å². The zero-order chi connectivity index (χ0) is 113. The second-order valence-corrected chi connectivity index (χ2v) is 34.4. The van der Waals surface area contributed by atoms with E-state index in [0.717, 1.165) is 173 Å². The van der Waals surface area contributed by atoms with Gasteiger partial charge in [-0.2, -0.15) is 0 Å². The third-order valence-corrected chi connectivity index (χ3v) is 24.9. The van der Waals surface area contributed by atoms with E-state index >= 15 is 0 Å². The lowest BCUT2D eigenvalue weighted by Crippen LogP contribution is -2.34. The highest BCUT2D eigenvalue weighted by molar-refractivity contribution is 6.15. The molecule has 2 unspecified atom stereocenters. The minimum atomic E-state index is -2.54. The van der Waals surface area contributed by atoms with Crippen LogP contribution in [0.5, 0.6) is 0 Å². The van der Waals surface area contributed by atoms with Crippen molar-refractivity contribution >= 4 is 197 Å². The van der Waals surface area contributed by atoms with Crippen LogP contribution >= 0.6 is 0 Å². The molecule has 0 radical (unpaired) electrons. The average molecular weight is 1930 g/mol. The van der Waals surface area contributed by atoms with Gasteiger partial charge in [-0.05, 0) is 237 Å². The van der Waals surface area contributed by atoms with Crippen LogP contribution in [0.1, 0.15) is 199 Å². The van der Waals surface area contributed by atoms with Crippen molar-refractivity contribution in [1.82, 2.24) is 64.8 Å². The summed E-state index contributed by atoms with van der Waals surface area (Å²) in [6.07, 6.45) is 12.9. The lowest BCUT2D eigenvalue weighted by Gasteiger charge is -2.25. The third kappa shape index (κ3) is 18.5. The second kappa shape index (κ2) is 42.4. The van der Waals surface area contributed by atoms with Crippen molar-refractivity contribution in [3.63, 3.8) is 0 Å². The zero-order valence-corrected chi connectivity index (χ0v) is 86.3. The minimum Gasteiger partial charge on any atom is -0.435 e. The van der Waals surface area contributed by atoms with Crippen LogP contribution in [-0.4, -0.2) is 129 Å². The number of rotatable bonds is 9. The molecular formula is C115H133N23O5. The van der Waals surface area contributed by atoms with Crippen LogP contribution in [0, 0.1) is 69.2 Å². The average Bonchev–Trinajstić information content (AvgIpc) is 1.53. The van der Waals surface area contributed by atoms with Gasteiger partial charge in [0.25, 0.3) is 0 Å². The Morgan fingerprint density at radius 1 is 0.245 bits per heavy atom. The molecular weight excluding hydrogens is 1780 g/mol. The van der Waals surface area contributed by atoms with Crippen LogP contribution in [0.2, 0.25) is 0 Å². The second-order valence-electron chi connectivity index (χ2n) is 34.4. The Labute approximate surface area is 855 Å². The van der Waals surface area contributed by atoms with E-state index in [2.05, 4.69) is 131 Å². The van der Waals surface area contributed by atoms with Gasteiger partial charge in [-0.15, -0.1) is 0 Å². The molecule has 5 aliphatic rings. The number of aryl methyl sites for hydroxylation is 10. The first kappa shape index (κ1) is 84.3. The van der Waals surface area contributed by atoms with Gasteiger partial charge in [0.1, 0.15) is 0 Å². The minimum absolute atomic E-state index is 0.110. The molecule has 25 rings (SSSR count). The molecule has 15 aromatic heterocycles. The zero-order valence-electron chi connectivity index (χ0n) is 99.3. The van der Waals surface area contributed by atoms with E-state index in [1.165, 1.54) is 40.9 Å². The summed E-state index contributed by atoms with van der Waals surface area (Å²) in [5.41, 5.74) is 22.1. The highest BCUT2D eigenvalue weighted by Gasteiger charge is 2.40. The summed E-state index contributed by atoms with van der Waals surface area (Å²) in [6.45, 7) is 44.1. The molecule has 0 saturated heterocycles. The molecule has 0 N–H and O–H groups in total. The van der Waals surface area contributed by atoms with E-state index in [1.54, 1.807) is 37.2 Å². The fourth-order valence-electron chi connectivity index (χ4n) is 18.4. The molecule has 0 spiro atoms. The van der Waals surface area contributed by atoms with Crippen molar-refractivity contribution in [2.24, 2.45) is 0 Å².